The summed E-state index contributed by atoms with van der Waals surface area (Å²) in [6, 6.07) is 8.39. The van der Waals surface area contributed by atoms with Crippen molar-refractivity contribution in [1.29, 1.82) is 0 Å². The molecule has 0 amide bonds. The van der Waals surface area contributed by atoms with E-state index >= 15 is 0 Å². The molecule has 21 heavy (non-hydrogen) atoms. The topological polar surface area (TPSA) is 15.3 Å². The monoisotopic (exact) mass is 286 g/mol. The minimum Gasteiger partial charge on any atom is -0.370 e. The molecule has 2 aliphatic rings. The van der Waals surface area contributed by atoms with E-state index in [1.54, 1.807) is 0 Å². The molecule has 0 spiro atoms. The number of hydrogen-bond acceptors (Lipinski definition) is 2. The van der Waals surface area contributed by atoms with Crippen LogP contribution in [0.15, 0.2) is 18.2 Å². The van der Waals surface area contributed by atoms with Gasteiger partial charge in [-0.05, 0) is 62.8 Å². The molecule has 1 aromatic carbocycles. The third kappa shape index (κ3) is 3.79. The molecule has 1 saturated carbocycles. The van der Waals surface area contributed by atoms with Crippen LogP contribution >= 0.6 is 0 Å². The summed E-state index contributed by atoms with van der Waals surface area (Å²) in [5.74, 6) is 0. The van der Waals surface area contributed by atoms with E-state index in [0.29, 0.717) is 6.04 Å². The van der Waals surface area contributed by atoms with Gasteiger partial charge in [0.2, 0.25) is 0 Å². The van der Waals surface area contributed by atoms with Crippen molar-refractivity contribution in [3.05, 3.63) is 29.3 Å². The molecule has 1 saturated heterocycles. The van der Waals surface area contributed by atoms with Crippen molar-refractivity contribution in [2.24, 2.45) is 0 Å². The highest BCUT2D eigenvalue weighted by molar-refractivity contribution is 5.51. The minimum atomic E-state index is 0.684. The van der Waals surface area contributed by atoms with Crippen molar-refractivity contribution in [3.8, 4) is 0 Å². The van der Waals surface area contributed by atoms with Gasteiger partial charge in [0, 0.05) is 30.9 Å². The van der Waals surface area contributed by atoms with Crippen molar-refractivity contribution in [2.45, 2.75) is 70.9 Å². The van der Waals surface area contributed by atoms with Crippen LogP contribution in [0.4, 0.5) is 5.69 Å². The van der Waals surface area contributed by atoms with E-state index in [4.69, 9.17) is 0 Å². The highest BCUT2D eigenvalue weighted by Gasteiger charge is 2.23. The van der Waals surface area contributed by atoms with Crippen LogP contribution in [0, 0.1) is 13.8 Å². The van der Waals surface area contributed by atoms with Gasteiger partial charge in [-0.3, -0.25) is 0 Å². The van der Waals surface area contributed by atoms with Gasteiger partial charge in [0.05, 0.1) is 0 Å². The summed E-state index contributed by atoms with van der Waals surface area (Å²) in [5.41, 5.74) is 4.22. The van der Waals surface area contributed by atoms with Gasteiger partial charge in [0.1, 0.15) is 0 Å². The maximum atomic E-state index is 3.94. The van der Waals surface area contributed by atoms with Gasteiger partial charge in [0.15, 0.2) is 0 Å². The molecule has 2 heteroatoms. The second-order valence-electron chi connectivity index (χ2n) is 7.06. The van der Waals surface area contributed by atoms with Gasteiger partial charge in [-0.2, -0.15) is 0 Å². The molecule has 1 heterocycles. The summed E-state index contributed by atoms with van der Waals surface area (Å²) in [5, 5.41) is 3.94. The van der Waals surface area contributed by atoms with E-state index in [1.165, 1.54) is 74.8 Å². The van der Waals surface area contributed by atoms with Crippen molar-refractivity contribution in [2.75, 3.05) is 18.0 Å². The van der Waals surface area contributed by atoms with Gasteiger partial charge >= 0.3 is 0 Å². The molecule has 1 atom stereocenters. The van der Waals surface area contributed by atoms with Crippen molar-refractivity contribution >= 4 is 5.69 Å². The summed E-state index contributed by atoms with van der Waals surface area (Å²) in [7, 11) is 0. The lowest BCUT2D eigenvalue weighted by Crippen LogP contribution is -2.49. The summed E-state index contributed by atoms with van der Waals surface area (Å²) in [4.78, 5) is 2.58. The Morgan fingerprint density at radius 2 is 1.67 bits per heavy atom. The fourth-order valence-corrected chi connectivity index (χ4v) is 3.87. The van der Waals surface area contributed by atoms with Gasteiger partial charge in [0.25, 0.3) is 0 Å². The van der Waals surface area contributed by atoms with Crippen molar-refractivity contribution in [1.82, 2.24) is 5.32 Å². The van der Waals surface area contributed by atoms with Crippen molar-refractivity contribution < 1.29 is 0 Å². The average Bonchev–Trinajstić information content (AvgIpc) is 2.51. The fraction of sp³-hybridized carbons (Fsp3) is 0.684. The Hall–Kier alpha value is -1.02. The van der Waals surface area contributed by atoms with E-state index in [1.807, 2.05) is 0 Å². The molecule has 2 fully saturated rings. The first kappa shape index (κ1) is 14.9. The molecule has 3 rings (SSSR count). The molecule has 1 aromatic rings. The van der Waals surface area contributed by atoms with Gasteiger partial charge in [-0.15, -0.1) is 0 Å². The molecule has 2 nitrogen and oxygen atoms in total. The summed E-state index contributed by atoms with van der Waals surface area (Å²) < 4.78 is 0. The third-order valence-corrected chi connectivity index (χ3v) is 5.35. The highest BCUT2D eigenvalue weighted by Crippen LogP contribution is 2.24. The first-order valence-electron chi connectivity index (χ1n) is 8.80. The fourth-order valence-electron chi connectivity index (χ4n) is 3.87. The van der Waals surface area contributed by atoms with Crippen LogP contribution in [0.5, 0.6) is 0 Å². The molecule has 1 unspecified atom stereocenters. The SMILES string of the molecule is Cc1ccc(N2CCCC(NC3CCCCC3)C2)cc1C. The van der Waals surface area contributed by atoms with Gasteiger partial charge < -0.3 is 10.2 Å². The number of hydrogen-bond donors (Lipinski definition) is 1. The van der Waals surface area contributed by atoms with Crippen LogP contribution in [0.3, 0.4) is 0 Å². The van der Waals surface area contributed by atoms with Crippen LogP contribution in [0.2, 0.25) is 0 Å². The van der Waals surface area contributed by atoms with Crippen LogP contribution in [-0.4, -0.2) is 25.2 Å². The predicted molar refractivity (Wildman–Crippen MR) is 91.2 cm³/mol. The van der Waals surface area contributed by atoms with E-state index in [0.717, 1.165) is 6.04 Å². The number of nitrogens with one attached hydrogen (secondary N) is 1. The maximum absolute atomic E-state index is 3.94. The number of aryl methyl sites for hydroxylation is 2. The van der Waals surface area contributed by atoms with E-state index < -0.39 is 0 Å². The number of piperidine rings is 1. The summed E-state index contributed by atoms with van der Waals surface area (Å²) in [6.45, 7) is 6.81. The molecule has 1 N–H and O–H groups in total. The molecular weight excluding hydrogens is 256 g/mol. The number of anilines is 1. The van der Waals surface area contributed by atoms with E-state index in [2.05, 4.69) is 42.3 Å². The van der Waals surface area contributed by atoms with Crippen LogP contribution in [0.1, 0.15) is 56.1 Å². The minimum absolute atomic E-state index is 0.684. The average molecular weight is 286 g/mol. The zero-order chi connectivity index (χ0) is 14.7. The van der Waals surface area contributed by atoms with Crippen molar-refractivity contribution in [3.63, 3.8) is 0 Å². The first-order chi connectivity index (χ1) is 10.2. The van der Waals surface area contributed by atoms with Crippen LogP contribution in [-0.2, 0) is 0 Å². The lowest BCUT2D eigenvalue weighted by molar-refractivity contribution is 0.312. The maximum Gasteiger partial charge on any atom is 0.0369 e. The summed E-state index contributed by atoms with van der Waals surface area (Å²) >= 11 is 0. The van der Waals surface area contributed by atoms with E-state index in [-0.39, 0.29) is 0 Å². The zero-order valence-electron chi connectivity index (χ0n) is 13.7. The number of rotatable bonds is 3. The zero-order valence-corrected chi connectivity index (χ0v) is 13.7. The Morgan fingerprint density at radius 1 is 0.905 bits per heavy atom. The quantitative estimate of drug-likeness (QED) is 0.896. The Labute approximate surface area is 129 Å². The normalized spacial score (nSPS) is 24.3. The Bertz CT molecular complexity index is 463. The molecule has 0 aromatic heterocycles. The Balaban J connectivity index is 1.60. The van der Waals surface area contributed by atoms with E-state index in [9.17, 15) is 0 Å². The molecule has 0 bridgehead atoms. The number of nitrogens with zero attached hydrogens (tertiary/aromatic N) is 1. The molecule has 1 aliphatic heterocycles. The Morgan fingerprint density at radius 3 is 2.43 bits per heavy atom. The Kier molecular flexibility index (Phi) is 4.84. The first-order valence-corrected chi connectivity index (χ1v) is 8.80. The lowest BCUT2D eigenvalue weighted by Gasteiger charge is -2.37. The largest absolute Gasteiger partial charge is 0.370 e. The van der Waals surface area contributed by atoms with Gasteiger partial charge in [-0.1, -0.05) is 25.3 Å². The number of benzene rings is 1. The third-order valence-electron chi connectivity index (χ3n) is 5.35. The molecular formula is C19H30N2. The predicted octanol–water partition coefficient (Wildman–Crippen LogP) is 4.19. The molecule has 116 valence electrons. The summed E-state index contributed by atoms with van der Waals surface area (Å²) in [6.07, 6.45) is 9.73. The lowest BCUT2D eigenvalue weighted by atomic mass is 9.93. The second-order valence-corrected chi connectivity index (χ2v) is 7.06. The smallest absolute Gasteiger partial charge is 0.0369 e. The molecule has 0 radical (unpaired) electrons. The molecule has 1 aliphatic carbocycles. The van der Waals surface area contributed by atoms with Gasteiger partial charge in [-0.25, -0.2) is 0 Å². The van der Waals surface area contributed by atoms with Crippen LogP contribution < -0.4 is 10.2 Å². The second kappa shape index (κ2) is 6.83. The standard InChI is InChI=1S/C19H30N2/c1-15-10-11-19(13-16(15)2)21-12-6-9-18(14-21)20-17-7-4-3-5-8-17/h10-11,13,17-18,20H,3-9,12,14H2,1-2H3. The highest BCUT2D eigenvalue weighted by atomic mass is 15.2. The van der Waals surface area contributed by atoms with Crippen LogP contribution in [0.25, 0.3) is 0 Å².